The van der Waals surface area contributed by atoms with Crippen molar-refractivity contribution in [1.29, 1.82) is 0 Å². The fraction of sp³-hybridized carbons (Fsp3) is 0.625. The van der Waals surface area contributed by atoms with E-state index in [1.807, 2.05) is 0 Å². The van der Waals surface area contributed by atoms with Gasteiger partial charge in [0.1, 0.15) is 0 Å². The zero-order chi connectivity index (χ0) is 13.1. The van der Waals surface area contributed by atoms with Crippen molar-refractivity contribution in [3.05, 3.63) is 35.4 Å². The van der Waals surface area contributed by atoms with Crippen LogP contribution >= 0.6 is 11.6 Å². The van der Waals surface area contributed by atoms with Crippen LogP contribution in [0, 0.1) is 5.92 Å². The van der Waals surface area contributed by atoms with Crippen LogP contribution < -0.4 is 0 Å². The normalized spacial score (nSPS) is 25.6. The van der Waals surface area contributed by atoms with Crippen molar-refractivity contribution >= 4 is 11.6 Å². The smallest absolute Gasteiger partial charge is 0.0489 e. The largest absolute Gasteiger partial charge is 0.298 e. The summed E-state index contributed by atoms with van der Waals surface area (Å²) in [4.78, 5) is 2.47. The van der Waals surface area contributed by atoms with Gasteiger partial charge in [-0.25, -0.2) is 0 Å². The van der Waals surface area contributed by atoms with Crippen molar-refractivity contribution in [3.8, 4) is 0 Å². The van der Waals surface area contributed by atoms with Gasteiger partial charge in [0, 0.05) is 18.5 Å². The summed E-state index contributed by atoms with van der Waals surface area (Å²) < 4.78 is 0. The predicted molar refractivity (Wildman–Crippen MR) is 79.2 cm³/mol. The molecule has 0 radical (unpaired) electrons. The van der Waals surface area contributed by atoms with Gasteiger partial charge in [0.2, 0.25) is 0 Å². The first-order valence-electron chi connectivity index (χ1n) is 7.01. The molecule has 0 aromatic heterocycles. The fourth-order valence-corrected chi connectivity index (χ4v) is 2.82. The molecule has 2 atom stereocenters. The van der Waals surface area contributed by atoms with Crippen LogP contribution in [0.5, 0.6) is 0 Å². The van der Waals surface area contributed by atoms with Gasteiger partial charge in [-0.05, 0) is 35.9 Å². The quantitative estimate of drug-likeness (QED) is 0.738. The second-order valence-corrected chi connectivity index (χ2v) is 6.47. The number of likely N-dealkylation sites (tertiary alicyclic amines) is 1. The maximum Gasteiger partial charge on any atom is 0.0489 e. The molecule has 0 saturated carbocycles. The van der Waals surface area contributed by atoms with Crippen molar-refractivity contribution < 1.29 is 0 Å². The van der Waals surface area contributed by atoms with Gasteiger partial charge in [-0.3, -0.25) is 4.90 Å². The van der Waals surface area contributed by atoms with Gasteiger partial charge in [0.15, 0.2) is 0 Å². The van der Waals surface area contributed by atoms with E-state index in [0.29, 0.717) is 17.2 Å². The van der Waals surface area contributed by atoms with E-state index in [-0.39, 0.29) is 0 Å². The van der Waals surface area contributed by atoms with Crippen LogP contribution in [0.15, 0.2) is 24.3 Å². The molecule has 1 nitrogen and oxygen atoms in total. The highest BCUT2D eigenvalue weighted by molar-refractivity contribution is 6.21. The average Bonchev–Trinajstić information content (AvgIpc) is 2.34. The predicted octanol–water partition coefficient (Wildman–Crippen LogP) is 4.26. The molecule has 2 heteroatoms. The molecule has 1 fully saturated rings. The molecule has 1 aliphatic rings. The number of benzene rings is 1. The molecule has 2 unspecified atom stereocenters. The Kier molecular flexibility index (Phi) is 4.69. The second kappa shape index (κ2) is 6.08. The van der Waals surface area contributed by atoms with Crippen LogP contribution in [0.4, 0.5) is 0 Å². The number of halogens is 1. The lowest BCUT2D eigenvalue weighted by molar-refractivity contribution is 0.189. The number of alkyl halides is 1. The van der Waals surface area contributed by atoms with E-state index in [2.05, 4.69) is 49.9 Å². The summed E-state index contributed by atoms with van der Waals surface area (Å²) in [5, 5.41) is 0.314. The Labute approximate surface area is 116 Å². The summed E-state index contributed by atoms with van der Waals surface area (Å²) in [5.41, 5.74) is 2.82. The van der Waals surface area contributed by atoms with Crippen LogP contribution in [-0.2, 0) is 6.54 Å². The molecule has 18 heavy (non-hydrogen) atoms. The van der Waals surface area contributed by atoms with Crippen LogP contribution in [-0.4, -0.2) is 23.4 Å². The number of nitrogens with zero attached hydrogens (tertiary/aromatic N) is 1. The lowest BCUT2D eigenvalue weighted by Crippen LogP contribution is -2.39. The van der Waals surface area contributed by atoms with Gasteiger partial charge in [-0.15, -0.1) is 11.6 Å². The van der Waals surface area contributed by atoms with Crippen LogP contribution in [0.3, 0.4) is 0 Å². The SMILES string of the molecule is CC(C)c1ccc(CN2CCC(C)C(Cl)C2)cc1. The van der Waals surface area contributed by atoms with Gasteiger partial charge in [0.25, 0.3) is 0 Å². The van der Waals surface area contributed by atoms with Gasteiger partial charge in [-0.1, -0.05) is 45.0 Å². The van der Waals surface area contributed by atoms with Crippen molar-refractivity contribution in [2.75, 3.05) is 13.1 Å². The Hall–Kier alpha value is -0.530. The molecule has 1 aliphatic heterocycles. The fourth-order valence-electron chi connectivity index (χ4n) is 2.49. The van der Waals surface area contributed by atoms with Crippen LogP contribution in [0.25, 0.3) is 0 Å². The molecule has 0 spiro atoms. The van der Waals surface area contributed by atoms with Crippen molar-refractivity contribution in [2.45, 2.75) is 45.0 Å². The minimum absolute atomic E-state index is 0.314. The zero-order valence-electron chi connectivity index (χ0n) is 11.7. The van der Waals surface area contributed by atoms with E-state index in [9.17, 15) is 0 Å². The summed E-state index contributed by atoms with van der Waals surface area (Å²) in [5.74, 6) is 1.27. The Balaban J connectivity index is 1.93. The number of hydrogen-bond donors (Lipinski definition) is 0. The van der Waals surface area contributed by atoms with E-state index >= 15 is 0 Å². The van der Waals surface area contributed by atoms with E-state index in [4.69, 9.17) is 11.6 Å². The first kappa shape index (κ1) is 13.9. The molecular weight excluding hydrogens is 242 g/mol. The monoisotopic (exact) mass is 265 g/mol. The minimum atomic E-state index is 0.314. The van der Waals surface area contributed by atoms with E-state index < -0.39 is 0 Å². The Morgan fingerprint density at radius 2 is 1.94 bits per heavy atom. The third-order valence-corrected chi connectivity index (χ3v) is 4.57. The Bertz CT molecular complexity index is 371. The molecule has 0 N–H and O–H groups in total. The standard InChI is InChI=1S/C16H24ClN/c1-12(2)15-6-4-14(5-7-15)10-18-9-8-13(3)16(17)11-18/h4-7,12-13,16H,8-11H2,1-3H3. The van der Waals surface area contributed by atoms with Gasteiger partial charge < -0.3 is 0 Å². The van der Waals surface area contributed by atoms with E-state index in [1.165, 1.54) is 24.1 Å². The molecular formula is C16H24ClN. The van der Waals surface area contributed by atoms with Gasteiger partial charge >= 0.3 is 0 Å². The first-order valence-corrected chi connectivity index (χ1v) is 7.45. The Morgan fingerprint density at radius 1 is 1.28 bits per heavy atom. The number of rotatable bonds is 3. The van der Waals surface area contributed by atoms with E-state index in [1.54, 1.807) is 0 Å². The molecule has 0 bridgehead atoms. The summed E-state index contributed by atoms with van der Waals surface area (Å²) in [6, 6.07) is 9.03. The summed E-state index contributed by atoms with van der Waals surface area (Å²) in [6.45, 7) is 9.96. The molecule has 1 aromatic carbocycles. The highest BCUT2D eigenvalue weighted by Crippen LogP contribution is 2.23. The third-order valence-electron chi connectivity index (χ3n) is 4.00. The van der Waals surface area contributed by atoms with Gasteiger partial charge in [-0.2, -0.15) is 0 Å². The maximum atomic E-state index is 6.35. The zero-order valence-corrected chi connectivity index (χ0v) is 12.5. The molecule has 1 aromatic rings. The molecule has 1 saturated heterocycles. The average molecular weight is 266 g/mol. The lowest BCUT2D eigenvalue weighted by Gasteiger charge is -2.34. The summed E-state index contributed by atoms with van der Waals surface area (Å²) >= 11 is 6.35. The van der Waals surface area contributed by atoms with Crippen molar-refractivity contribution in [3.63, 3.8) is 0 Å². The van der Waals surface area contributed by atoms with Crippen molar-refractivity contribution in [2.24, 2.45) is 5.92 Å². The maximum absolute atomic E-state index is 6.35. The minimum Gasteiger partial charge on any atom is -0.298 e. The molecule has 1 heterocycles. The Morgan fingerprint density at radius 3 is 2.50 bits per heavy atom. The first-order chi connectivity index (χ1) is 8.56. The summed E-state index contributed by atoms with van der Waals surface area (Å²) in [7, 11) is 0. The van der Waals surface area contributed by atoms with Crippen LogP contribution in [0.1, 0.15) is 44.2 Å². The van der Waals surface area contributed by atoms with Crippen molar-refractivity contribution in [1.82, 2.24) is 4.90 Å². The molecule has 0 aliphatic carbocycles. The molecule has 100 valence electrons. The highest BCUT2D eigenvalue weighted by Gasteiger charge is 2.24. The van der Waals surface area contributed by atoms with Gasteiger partial charge in [0.05, 0.1) is 0 Å². The lowest BCUT2D eigenvalue weighted by atomic mass is 9.97. The highest BCUT2D eigenvalue weighted by atomic mass is 35.5. The topological polar surface area (TPSA) is 3.24 Å². The number of piperidine rings is 1. The summed E-state index contributed by atoms with van der Waals surface area (Å²) in [6.07, 6.45) is 1.22. The third kappa shape index (κ3) is 3.49. The molecule has 2 rings (SSSR count). The van der Waals surface area contributed by atoms with Crippen LogP contribution in [0.2, 0.25) is 0 Å². The van der Waals surface area contributed by atoms with E-state index in [0.717, 1.165) is 13.1 Å². The molecule has 0 amide bonds. The second-order valence-electron chi connectivity index (χ2n) is 5.91. The number of hydrogen-bond acceptors (Lipinski definition) is 1.